The number of rotatable bonds is 5. The molecule has 1 aromatic carbocycles. The van der Waals surface area contributed by atoms with Crippen molar-refractivity contribution in [3.05, 3.63) is 60.9 Å². The van der Waals surface area contributed by atoms with E-state index in [1.165, 1.54) is 6.39 Å². The predicted molar refractivity (Wildman–Crippen MR) is 85.1 cm³/mol. The van der Waals surface area contributed by atoms with E-state index < -0.39 is 0 Å². The van der Waals surface area contributed by atoms with Crippen molar-refractivity contribution < 1.29 is 13.9 Å². The SMILES string of the molecule is COc1cc(NC(=O)Cc2cccnc2)ccc1-c1cnco1. The van der Waals surface area contributed by atoms with E-state index in [0.717, 1.165) is 11.1 Å². The van der Waals surface area contributed by atoms with Crippen LogP contribution < -0.4 is 10.1 Å². The summed E-state index contributed by atoms with van der Waals surface area (Å²) in [6.07, 6.45) is 6.58. The van der Waals surface area contributed by atoms with Crippen molar-refractivity contribution in [1.29, 1.82) is 0 Å². The monoisotopic (exact) mass is 309 g/mol. The van der Waals surface area contributed by atoms with Crippen LogP contribution in [0.4, 0.5) is 5.69 Å². The minimum Gasteiger partial charge on any atom is -0.496 e. The number of nitrogens with zero attached hydrogens (tertiary/aromatic N) is 2. The van der Waals surface area contributed by atoms with Crippen LogP contribution in [0.1, 0.15) is 5.56 Å². The summed E-state index contributed by atoms with van der Waals surface area (Å²) in [4.78, 5) is 20.0. The van der Waals surface area contributed by atoms with Crippen molar-refractivity contribution in [2.45, 2.75) is 6.42 Å². The number of amides is 1. The van der Waals surface area contributed by atoms with Gasteiger partial charge in [-0.15, -0.1) is 0 Å². The van der Waals surface area contributed by atoms with E-state index in [2.05, 4.69) is 15.3 Å². The van der Waals surface area contributed by atoms with Crippen LogP contribution in [0.2, 0.25) is 0 Å². The highest BCUT2D eigenvalue weighted by Gasteiger charge is 2.11. The Hall–Kier alpha value is -3.15. The molecule has 2 aromatic heterocycles. The number of pyridine rings is 1. The van der Waals surface area contributed by atoms with Crippen LogP contribution in [0.3, 0.4) is 0 Å². The molecular formula is C17H15N3O3. The number of aromatic nitrogens is 2. The molecule has 3 rings (SSSR count). The van der Waals surface area contributed by atoms with Gasteiger partial charge in [0.1, 0.15) is 5.75 Å². The van der Waals surface area contributed by atoms with Gasteiger partial charge >= 0.3 is 0 Å². The molecule has 1 N–H and O–H groups in total. The second-order valence-corrected chi connectivity index (χ2v) is 4.87. The van der Waals surface area contributed by atoms with Crippen LogP contribution in [-0.2, 0) is 11.2 Å². The second kappa shape index (κ2) is 6.74. The number of hydrogen-bond donors (Lipinski definition) is 1. The molecule has 6 heteroatoms. The van der Waals surface area contributed by atoms with Gasteiger partial charge < -0.3 is 14.5 Å². The summed E-state index contributed by atoms with van der Waals surface area (Å²) in [5.74, 6) is 1.09. The lowest BCUT2D eigenvalue weighted by molar-refractivity contribution is -0.115. The third-order valence-corrected chi connectivity index (χ3v) is 3.27. The number of methoxy groups -OCH3 is 1. The highest BCUT2D eigenvalue weighted by atomic mass is 16.5. The Bertz CT molecular complexity index is 786. The van der Waals surface area contributed by atoms with Crippen molar-refractivity contribution in [1.82, 2.24) is 9.97 Å². The number of anilines is 1. The quantitative estimate of drug-likeness (QED) is 0.784. The second-order valence-electron chi connectivity index (χ2n) is 4.87. The van der Waals surface area contributed by atoms with Gasteiger partial charge in [-0.05, 0) is 23.8 Å². The molecule has 3 aromatic rings. The van der Waals surface area contributed by atoms with Gasteiger partial charge in [-0.3, -0.25) is 9.78 Å². The number of carbonyl (C=O) groups is 1. The maximum absolute atomic E-state index is 12.1. The smallest absolute Gasteiger partial charge is 0.228 e. The molecule has 2 heterocycles. The van der Waals surface area contributed by atoms with Gasteiger partial charge in [0.25, 0.3) is 0 Å². The predicted octanol–water partition coefficient (Wildman–Crippen LogP) is 2.93. The van der Waals surface area contributed by atoms with Gasteiger partial charge in [-0.1, -0.05) is 6.07 Å². The third kappa shape index (κ3) is 3.55. The van der Waals surface area contributed by atoms with E-state index in [1.54, 1.807) is 43.9 Å². The molecule has 0 spiro atoms. The fourth-order valence-electron chi connectivity index (χ4n) is 2.21. The van der Waals surface area contributed by atoms with Crippen LogP contribution in [0, 0.1) is 0 Å². The molecule has 0 aliphatic carbocycles. The average molecular weight is 309 g/mol. The van der Waals surface area contributed by atoms with Crippen molar-refractivity contribution in [3.8, 4) is 17.1 Å². The van der Waals surface area contributed by atoms with Crippen LogP contribution in [-0.4, -0.2) is 23.0 Å². The summed E-state index contributed by atoms with van der Waals surface area (Å²) in [6, 6.07) is 9.03. The van der Waals surface area contributed by atoms with Crippen molar-refractivity contribution >= 4 is 11.6 Å². The molecule has 0 unspecified atom stereocenters. The summed E-state index contributed by atoms with van der Waals surface area (Å²) >= 11 is 0. The lowest BCUT2D eigenvalue weighted by atomic mass is 10.1. The maximum Gasteiger partial charge on any atom is 0.228 e. The van der Waals surface area contributed by atoms with Crippen molar-refractivity contribution in [2.24, 2.45) is 0 Å². The normalized spacial score (nSPS) is 10.3. The van der Waals surface area contributed by atoms with Gasteiger partial charge in [0.15, 0.2) is 12.2 Å². The van der Waals surface area contributed by atoms with Gasteiger partial charge in [0.05, 0.1) is 25.3 Å². The summed E-state index contributed by atoms with van der Waals surface area (Å²) in [5, 5.41) is 2.84. The number of ether oxygens (including phenoxy) is 1. The standard InChI is InChI=1S/C17H15N3O3/c1-22-15-8-13(4-5-14(15)16-10-19-11-23-16)20-17(21)7-12-3-2-6-18-9-12/h2-6,8-11H,7H2,1H3,(H,20,21). The summed E-state index contributed by atoms with van der Waals surface area (Å²) in [6.45, 7) is 0. The van der Waals surface area contributed by atoms with E-state index in [9.17, 15) is 4.79 Å². The first-order valence-corrected chi connectivity index (χ1v) is 7.02. The molecule has 0 atom stereocenters. The lowest BCUT2D eigenvalue weighted by Crippen LogP contribution is -2.14. The Morgan fingerprint density at radius 2 is 2.17 bits per heavy atom. The van der Waals surface area contributed by atoms with E-state index in [0.29, 0.717) is 17.2 Å². The van der Waals surface area contributed by atoms with Crippen molar-refractivity contribution in [2.75, 3.05) is 12.4 Å². The molecule has 116 valence electrons. The van der Waals surface area contributed by atoms with Crippen LogP contribution in [0.5, 0.6) is 5.75 Å². The Kier molecular flexibility index (Phi) is 4.33. The molecule has 0 bridgehead atoms. The Balaban J connectivity index is 1.75. The molecular weight excluding hydrogens is 294 g/mol. The maximum atomic E-state index is 12.1. The minimum atomic E-state index is -0.118. The molecule has 0 aliphatic rings. The Morgan fingerprint density at radius 3 is 2.87 bits per heavy atom. The number of oxazole rings is 1. The van der Waals surface area contributed by atoms with Crippen LogP contribution >= 0.6 is 0 Å². The first kappa shape index (κ1) is 14.8. The average Bonchev–Trinajstić information content (AvgIpc) is 3.10. The number of benzene rings is 1. The van der Waals surface area contributed by atoms with Gasteiger partial charge in [0, 0.05) is 24.1 Å². The van der Waals surface area contributed by atoms with E-state index in [-0.39, 0.29) is 12.3 Å². The molecule has 0 fully saturated rings. The zero-order valence-corrected chi connectivity index (χ0v) is 12.5. The van der Waals surface area contributed by atoms with Crippen LogP contribution in [0.15, 0.2) is 59.7 Å². The molecule has 6 nitrogen and oxygen atoms in total. The first-order valence-electron chi connectivity index (χ1n) is 7.02. The highest BCUT2D eigenvalue weighted by Crippen LogP contribution is 2.32. The number of nitrogens with one attached hydrogen (secondary N) is 1. The molecule has 23 heavy (non-hydrogen) atoms. The zero-order chi connectivity index (χ0) is 16.1. The largest absolute Gasteiger partial charge is 0.496 e. The van der Waals surface area contributed by atoms with Gasteiger partial charge in [0.2, 0.25) is 5.91 Å². The summed E-state index contributed by atoms with van der Waals surface area (Å²) in [5.41, 5.74) is 2.28. The van der Waals surface area contributed by atoms with Crippen LogP contribution in [0.25, 0.3) is 11.3 Å². The molecule has 1 amide bonds. The number of carbonyl (C=O) groups excluding carboxylic acids is 1. The first-order chi connectivity index (χ1) is 11.3. The molecule has 0 aliphatic heterocycles. The minimum absolute atomic E-state index is 0.118. The Morgan fingerprint density at radius 1 is 1.26 bits per heavy atom. The van der Waals surface area contributed by atoms with E-state index in [1.807, 2.05) is 12.1 Å². The Labute approximate surface area is 133 Å². The summed E-state index contributed by atoms with van der Waals surface area (Å²) < 4.78 is 10.6. The zero-order valence-electron chi connectivity index (χ0n) is 12.5. The van der Waals surface area contributed by atoms with Crippen molar-refractivity contribution in [3.63, 3.8) is 0 Å². The van der Waals surface area contributed by atoms with E-state index in [4.69, 9.17) is 9.15 Å². The van der Waals surface area contributed by atoms with Gasteiger partial charge in [-0.25, -0.2) is 4.98 Å². The van der Waals surface area contributed by atoms with Gasteiger partial charge in [-0.2, -0.15) is 0 Å². The summed E-state index contributed by atoms with van der Waals surface area (Å²) in [7, 11) is 1.57. The molecule has 0 radical (unpaired) electrons. The fraction of sp³-hybridized carbons (Fsp3) is 0.118. The molecule has 0 saturated heterocycles. The highest BCUT2D eigenvalue weighted by molar-refractivity contribution is 5.92. The third-order valence-electron chi connectivity index (χ3n) is 3.27. The molecule has 0 saturated carbocycles. The number of hydrogen-bond acceptors (Lipinski definition) is 5. The van der Waals surface area contributed by atoms with E-state index >= 15 is 0 Å². The topological polar surface area (TPSA) is 77.2 Å². The fourth-order valence-corrected chi connectivity index (χ4v) is 2.21. The lowest BCUT2D eigenvalue weighted by Gasteiger charge is -2.10.